The first-order valence-corrected chi connectivity index (χ1v) is 6.62. The quantitative estimate of drug-likeness (QED) is 0.862. The summed E-state index contributed by atoms with van der Waals surface area (Å²) in [6.45, 7) is 5.35. The predicted octanol–water partition coefficient (Wildman–Crippen LogP) is 0.944. The smallest absolute Gasteiger partial charge is 0.165 e. The predicted molar refractivity (Wildman–Crippen MR) is 71.8 cm³/mol. The van der Waals surface area contributed by atoms with Gasteiger partial charge in [-0.2, -0.15) is 0 Å². The van der Waals surface area contributed by atoms with E-state index in [0.29, 0.717) is 12.2 Å². The number of aliphatic hydroxyl groups is 1. The van der Waals surface area contributed by atoms with Crippen molar-refractivity contribution in [3.8, 4) is 5.75 Å². The summed E-state index contributed by atoms with van der Waals surface area (Å²) in [5, 5.41) is 8.90. The number of aliphatic hydroxyl groups excluding tert-OH is 1. The molecule has 2 rings (SSSR count). The van der Waals surface area contributed by atoms with Crippen LogP contribution in [0.15, 0.2) is 18.2 Å². The van der Waals surface area contributed by atoms with Crippen LogP contribution in [0.2, 0.25) is 0 Å². The minimum atomic E-state index is -0.412. The fraction of sp³-hybridized carbons (Fsp3) is 0.571. The summed E-state index contributed by atoms with van der Waals surface area (Å²) in [6, 6.07) is 4.56. The third-order valence-corrected chi connectivity index (χ3v) is 3.44. The number of likely N-dealkylation sites (N-methyl/N-ethyl adjacent to an activating group) is 1. The third kappa shape index (κ3) is 4.16. The Morgan fingerprint density at radius 2 is 2.00 bits per heavy atom. The summed E-state index contributed by atoms with van der Waals surface area (Å²) in [4.78, 5) is 4.62. The van der Waals surface area contributed by atoms with Crippen LogP contribution >= 0.6 is 0 Å². The summed E-state index contributed by atoms with van der Waals surface area (Å²) in [7, 11) is 2.12. The van der Waals surface area contributed by atoms with Crippen molar-refractivity contribution < 1.29 is 14.2 Å². The molecular weight excluding hydrogens is 247 g/mol. The largest absolute Gasteiger partial charge is 0.489 e. The molecule has 0 bridgehead atoms. The monoisotopic (exact) mass is 268 g/mol. The second kappa shape index (κ2) is 6.84. The molecule has 0 unspecified atom stereocenters. The lowest BCUT2D eigenvalue weighted by Gasteiger charge is -2.32. The van der Waals surface area contributed by atoms with E-state index < -0.39 is 5.82 Å². The second-order valence-electron chi connectivity index (χ2n) is 4.92. The zero-order valence-electron chi connectivity index (χ0n) is 11.3. The molecule has 1 aliphatic rings. The minimum absolute atomic E-state index is 0.154. The van der Waals surface area contributed by atoms with Crippen LogP contribution in [-0.2, 0) is 6.61 Å². The number of ether oxygens (including phenoxy) is 1. The van der Waals surface area contributed by atoms with Crippen molar-refractivity contribution in [1.29, 1.82) is 0 Å². The van der Waals surface area contributed by atoms with E-state index in [1.807, 2.05) is 0 Å². The lowest BCUT2D eigenvalue weighted by molar-refractivity contribution is 0.132. The first-order chi connectivity index (χ1) is 9.19. The van der Waals surface area contributed by atoms with Crippen LogP contribution in [0.1, 0.15) is 5.56 Å². The van der Waals surface area contributed by atoms with Crippen molar-refractivity contribution in [2.45, 2.75) is 6.61 Å². The Morgan fingerprint density at radius 1 is 1.26 bits per heavy atom. The van der Waals surface area contributed by atoms with Gasteiger partial charge in [0.05, 0.1) is 6.61 Å². The molecule has 0 radical (unpaired) electrons. The van der Waals surface area contributed by atoms with Crippen LogP contribution in [0.5, 0.6) is 5.75 Å². The summed E-state index contributed by atoms with van der Waals surface area (Å²) < 4.78 is 19.1. The van der Waals surface area contributed by atoms with E-state index in [2.05, 4.69) is 16.8 Å². The van der Waals surface area contributed by atoms with Gasteiger partial charge >= 0.3 is 0 Å². The number of piperazine rings is 1. The molecule has 1 N–H and O–H groups in total. The molecule has 4 nitrogen and oxygen atoms in total. The Balaban J connectivity index is 1.76. The summed E-state index contributed by atoms with van der Waals surface area (Å²) in [5.74, 6) is -0.156. The van der Waals surface area contributed by atoms with E-state index in [9.17, 15) is 4.39 Å². The Labute approximate surface area is 113 Å². The molecule has 0 amide bonds. The van der Waals surface area contributed by atoms with Crippen molar-refractivity contribution >= 4 is 0 Å². The van der Waals surface area contributed by atoms with Gasteiger partial charge in [0, 0.05) is 32.7 Å². The van der Waals surface area contributed by atoms with Crippen molar-refractivity contribution in [2.24, 2.45) is 0 Å². The molecule has 1 aliphatic heterocycles. The summed E-state index contributed by atoms with van der Waals surface area (Å²) >= 11 is 0. The molecule has 0 atom stereocenters. The van der Waals surface area contributed by atoms with Crippen LogP contribution in [0, 0.1) is 5.82 Å². The van der Waals surface area contributed by atoms with Gasteiger partial charge in [-0.1, -0.05) is 6.07 Å². The maximum Gasteiger partial charge on any atom is 0.165 e. The highest BCUT2D eigenvalue weighted by atomic mass is 19.1. The average Bonchev–Trinajstić information content (AvgIpc) is 2.42. The highest BCUT2D eigenvalue weighted by molar-refractivity contribution is 5.28. The van der Waals surface area contributed by atoms with E-state index >= 15 is 0 Å². The van der Waals surface area contributed by atoms with Crippen LogP contribution in [0.3, 0.4) is 0 Å². The Kier molecular flexibility index (Phi) is 5.13. The van der Waals surface area contributed by atoms with Gasteiger partial charge in [-0.25, -0.2) is 4.39 Å². The number of benzene rings is 1. The molecule has 0 spiro atoms. The number of hydrogen-bond acceptors (Lipinski definition) is 4. The molecule has 1 saturated heterocycles. The van der Waals surface area contributed by atoms with E-state index in [4.69, 9.17) is 9.84 Å². The van der Waals surface area contributed by atoms with Gasteiger partial charge in [0.15, 0.2) is 11.6 Å². The van der Waals surface area contributed by atoms with E-state index in [1.165, 1.54) is 6.07 Å². The highest BCUT2D eigenvalue weighted by Gasteiger charge is 2.13. The minimum Gasteiger partial charge on any atom is -0.489 e. The van der Waals surface area contributed by atoms with E-state index in [0.717, 1.165) is 32.7 Å². The zero-order chi connectivity index (χ0) is 13.7. The second-order valence-corrected chi connectivity index (χ2v) is 4.92. The van der Waals surface area contributed by atoms with Crippen LogP contribution in [0.25, 0.3) is 0 Å². The molecule has 1 aromatic carbocycles. The number of rotatable bonds is 5. The SMILES string of the molecule is CN1CCN(CCOc2ccc(CO)cc2F)CC1. The molecule has 1 fully saturated rings. The fourth-order valence-corrected chi connectivity index (χ4v) is 2.12. The van der Waals surface area contributed by atoms with Gasteiger partial charge < -0.3 is 14.7 Å². The lowest BCUT2D eigenvalue weighted by atomic mass is 10.2. The number of hydrogen-bond donors (Lipinski definition) is 1. The highest BCUT2D eigenvalue weighted by Crippen LogP contribution is 2.18. The number of halogens is 1. The molecule has 0 aromatic heterocycles. The first kappa shape index (κ1) is 14.2. The standard InChI is InChI=1S/C14H21FN2O2/c1-16-4-6-17(7-5-16)8-9-19-14-3-2-12(11-18)10-13(14)15/h2-3,10,18H,4-9,11H2,1H3. The molecule has 19 heavy (non-hydrogen) atoms. The van der Waals surface area contributed by atoms with Gasteiger partial charge in [0.1, 0.15) is 6.61 Å². The molecule has 106 valence electrons. The third-order valence-electron chi connectivity index (χ3n) is 3.44. The Hall–Kier alpha value is -1.17. The van der Waals surface area contributed by atoms with Gasteiger partial charge in [-0.05, 0) is 24.7 Å². The first-order valence-electron chi connectivity index (χ1n) is 6.62. The van der Waals surface area contributed by atoms with Crippen LogP contribution < -0.4 is 4.74 Å². The molecule has 0 saturated carbocycles. The van der Waals surface area contributed by atoms with Crippen LogP contribution in [0.4, 0.5) is 4.39 Å². The van der Waals surface area contributed by atoms with Crippen molar-refractivity contribution in [1.82, 2.24) is 9.80 Å². The van der Waals surface area contributed by atoms with Crippen LogP contribution in [-0.4, -0.2) is 61.3 Å². The maximum atomic E-state index is 13.6. The average molecular weight is 268 g/mol. The molecule has 0 aliphatic carbocycles. The topological polar surface area (TPSA) is 35.9 Å². The fourth-order valence-electron chi connectivity index (χ4n) is 2.12. The summed E-state index contributed by atoms with van der Waals surface area (Å²) in [6.07, 6.45) is 0. The maximum absolute atomic E-state index is 13.6. The Bertz CT molecular complexity index is 406. The van der Waals surface area contributed by atoms with Crippen molar-refractivity contribution in [3.05, 3.63) is 29.6 Å². The normalized spacial score (nSPS) is 17.6. The Morgan fingerprint density at radius 3 is 2.63 bits per heavy atom. The van der Waals surface area contributed by atoms with Gasteiger partial charge in [-0.3, -0.25) is 4.90 Å². The molecule has 5 heteroatoms. The van der Waals surface area contributed by atoms with Gasteiger partial charge in [-0.15, -0.1) is 0 Å². The number of nitrogens with zero attached hydrogens (tertiary/aromatic N) is 2. The molecule has 1 heterocycles. The molecule has 1 aromatic rings. The van der Waals surface area contributed by atoms with Crippen molar-refractivity contribution in [2.75, 3.05) is 46.4 Å². The van der Waals surface area contributed by atoms with Gasteiger partial charge in [0.25, 0.3) is 0 Å². The lowest BCUT2D eigenvalue weighted by Crippen LogP contribution is -2.45. The summed E-state index contributed by atoms with van der Waals surface area (Å²) in [5.41, 5.74) is 0.559. The van der Waals surface area contributed by atoms with Gasteiger partial charge in [0.2, 0.25) is 0 Å². The van der Waals surface area contributed by atoms with E-state index in [1.54, 1.807) is 12.1 Å². The van der Waals surface area contributed by atoms with E-state index in [-0.39, 0.29) is 12.4 Å². The van der Waals surface area contributed by atoms with Crippen molar-refractivity contribution in [3.63, 3.8) is 0 Å². The zero-order valence-corrected chi connectivity index (χ0v) is 11.3. The molecular formula is C14H21FN2O2.